The maximum absolute atomic E-state index is 5.92. The molecule has 3 nitrogen and oxygen atoms in total. The van der Waals surface area contributed by atoms with Crippen LogP contribution in [0.3, 0.4) is 0 Å². The van der Waals surface area contributed by atoms with Gasteiger partial charge >= 0.3 is 0 Å². The van der Waals surface area contributed by atoms with E-state index < -0.39 is 0 Å². The zero-order valence-electron chi connectivity index (χ0n) is 10.0. The molecule has 1 atom stereocenters. The summed E-state index contributed by atoms with van der Waals surface area (Å²) in [6.07, 6.45) is 1.83. The molecule has 0 bridgehead atoms. The van der Waals surface area contributed by atoms with Crippen LogP contribution >= 0.6 is 11.3 Å². The van der Waals surface area contributed by atoms with Crippen molar-refractivity contribution in [3.63, 3.8) is 0 Å². The SMILES string of the molecule is Cc1ccc([C@@H](C)N)c(OCc2cncs2)c1. The van der Waals surface area contributed by atoms with Crippen LogP contribution in [-0.4, -0.2) is 4.98 Å². The summed E-state index contributed by atoms with van der Waals surface area (Å²) in [6.45, 7) is 4.56. The molecule has 1 heterocycles. The van der Waals surface area contributed by atoms with Crippen molar-refractivity contribution < 1.29 is 4.74 Å². The average molecular weight is 248 g/mol. The maximum atomic E-state index is 5.92. The first-order valence-corrected chi connectivity index (χ1v) is 6.41. The summed E-state index contributed by atoms with van der Waals surface area (Å²) in [7, 11) is 0. The molecule has 0 saturated carbocycles. The van der Waals surface area contributed by atoms with E-state index in [0.29, 0.717) is 6.61 Å². The topological polar surface area (TPSA) is 48.1 Å². The summed E-state index contributed by atoms with van der Waals surface area (Å²) < 4.78 is 5.81. The third-order valence-electron chi connectivity index (χ3n) is 2.51. The highest BCUT2D eigenvalue weighted by molar-refractivity contribution is 7.09. The first-order chi connectivity index (χ1) is 8.16. The lowest BCUT2D eigenvalue weighted by atomic mass is 10.1. The van der Waals surface area contributed by atoms with Gasteiger partial charge in [-0.15, -0.1) is 11.3 Å². The van der Waals surface area contributed by atoms with E-state index >= 15 is 0 Å². The molecule has 2 N–H and O–H groups in total. The molecule has 0 aliphatic carbocycles. The number of aromatic nitrogens is 1. The van der Waals surface area contributed by atoms with Crippen LogP contribution in [0.1, 0.15) is 29.0 Å². The normalized spacial score (nSPS) is 12.4. The molecule has 0 amide bonds. The molecule has 0 fully saturated rings. The number of thiazole rings is 1. The summed E-state index contributed by atoms with van der Waals surface area (Å²) in [5.41, 5.74) is 9.95. The number of benzene rings is 1. The number of nitrogens with zero attached hydrogens (tertiary/aromatic N) is 1. The number of hydrogen-bond acceptors (Lipinski definition) is 4. The molecular formula is C13H16N2OS. The van der Waals surface area contributed by atoms with Crippen molar-refractivity contribution in [1.29, 1.82) is 0 Å². The molecule has 0 aliphatic rings. The van der Waals surface area contributed by atoms with Crippen molar-refractivity contribution >= 4 is 11.3 Å². The zero-order chi connectivity index (χ0) is 12.3. The molecule has 4 heteroatoms. The third-order valence-corrected chi connectivity index (χ3v) is 3.27. The van der Waals surface area contributed by atoms with Crippen molar-refractivity contribution in [3.8, 4) is 5.75 Å². The van der Waals surface area contributed by atoms with Crippen LogP contribution in [0.4, 0.5) is 0 Å². The van der Waals surface area contributed by atoms with Gasteiger partial charge in [-0.25, -0.2) is 0 Å². The van der Waals surface area contributed by atoms with Crippen LogP contribution in [-0.2, 0) is 6.61 Å². The van der Waals surface area contributed by atoms with Crippen molar-refractivity contribution in [2.24, 2.45) is 5.73 Å². The number of hydrogen-bond donors (Lipinski definition) is 1. The summed E-state index contributed by atoms with van der Waals surface area (Å²) in [6, 6.07) is 6.09. The Balaban J connectivity index is 2.16. The van der Waals surface area contributed by atoms with Gasteiger partial charge < -0.3 is 10.5 Å². The smallest absolute Gasteiger partial charge is 0.124 e. The van der Waals surface area contributed by atoms with E-state index in [9.17, 15) is 0 Å². The van der Waals surface area contributed by atoms with Crippen LogP contribution in [0.5, 0.6) is 5.75 Å². The van der Waals surface area contributed by atoms with Gasteiger partial charge in [0.05, 0.1) is 10.4 Å². The van der Waals surface area contributed by atoms with E-state index in [-0.39, 0.29) is 6.04 Å². The Morgan fingerprint density at radius 2 is 2.29 bits per heavy atom. The number of ether oxygens (including phenoxy) is 1. The van der Waals surface area contributed by atoms with E-state index in [1.165, 1.54) is 5.56 Å². The van der Waals surface area contributed by atoms with Crippen LogP contribution in [0.25, 0.3) is 0 Å². The van der Waals surface area contributed by atoms with Gasteiger partial charge in [0.15, 0.2) is 0 Å². The second kappa shape index (κ2) is 5.29. The molecule has 0 saturated heterocycles. The summed E-state index contributed by atoms with van der Waals surface area (Å²) >= 11 is 1.59. The van der Waals surface area contributed by atoms with E-state index in [0.717, 1.165) is 16.2 Å². The zero-order valence-corrected chi connectivity index (χ0v) is 10.8. The molecular weight excluding hydrogens is 232 g/mol. The fourth-order valence-electron chi connectivity index (χ4n) is 1.61. The van der Waals surface area contributed by atoms with Crippen molar-refractivity contribution in [2.75, 3.05) is 0 Å². The molecule has 17 heavy (non-hydrogen) atoms. The van der Waals surface area contributed by atoms with Gasteiger partial charge in [0.1, 0.15) is 12.4 Å². The second-order valence-electron chi connectivity index (χ2n) is 4.09. The quantitative estimate of drug-likeness (QED) is 0.904. The van der Waals surface area contributed by atoms with Gasteiger partial charge in [0.2, 0.25) is 0 Å². The minimum atomic E-state index is -0.0212. The van der Waals surface area contributed by atoms with Crippen LogP contribution in [0, 0.1) is 6.92 Å². The van der Waals surface area contributed by atoms with Crippen molar-refractivity contribution in [2.45, 2.75) is 26.5 Å². The molecule has 1 aromatic carbocycles. The fourth-order valence-corrected chi connectivity index (χ4v) is 2.11. The summed E-state index contributed by atoms with van der Waals surface area (Å²) in [5.74, 6) is 0.869. The average Bonchev–Trinajstić information content (AvgIpc) is 2.78. The van der Waals surface area contributed by atoms with Gasteiger partial charge in [-0.2, -0.15) is 0 Å². The highest BCUT2D eigenvalue weighted by Crippen LogP contribution is 2.26. The molecule has 0 unspecified atom stereocenters. The molecule has 2 rings (SSSR count). The van der Waals surface area contributed by atoms with E-state index in [1.54, 1.807) is 16.8 Å². The Kier molecular flexibility index (Phi) is 3.76. The molecule has 2 aromatic rings. The Morgan fingerprint density at radius 3 is 2.94 bits per heavy atom. The molecule has 1 aromatic heterocycles. The van der Waals surface area contributed by atoms with E-state index in [4.69, 9.17) is 10.5 Å². The number of aryl methyl sites for hydroxylation is 1. The van der Waals surface area contributed by atoms with Gasteiger partial charge in [-0.1, -0.05) is 12.1 Å². The highest BCUT2D eigenvalue weighted by Gasteiger charge is 2.08. The number of rotatable bonds is 4. The van der Waals surface area contributed by atoms with Crippen LogP contribution < -0.4 is 10.5 Å². The van der Waals surface area contributed by atoms with Crippen LogP contribution in [0.2, 0.25) is 0 Å². The molecule has 0 aliphatic heterocycles. The Hall–Kier alpha value is -1.39. The summed E-state index contributed by atoms with van der Waals surface area (Å²) in [4.78, 5) is 5.14. The lowest BCUT2D eigenvalue weighted by molar-refractivity contribution is 0.304. The van der Waals surface area contributed by atoms with E-state index in [1.807, 2.05) is 32.2 Å². The van der Waals surface area contributed by atoms with Crippen molar-refractivity contribution in [1.82, 2.24) is 4.98 Å². The standard InChI is InChI=1S/C13H16N2OS/c1-9-3-4-12(10(2)14)13(5-9)16-7-11-6-15-8-17-11/h3-6,8,10H,7,14H2,1-2H3/t10-/m1/s1. The van der Waals surface area contributed by atoms with Gasteiger partial charge in [0.25, 0.3) is 0 Å². The maximum Gasteiger partial charge on any atom is 0.124 e. The minimum Gasteiger partial charge on any atom is -0.488 e. The third kappa shape index (κ3) is 3.05. The van der Waals surface area contributed by atoms with Crippen LogP contribution in [0.15, 0.2) is 29.9 Å². The number of nitrogens with two attached hydrogens (primary N) is 1. The molecule has 90 valence electrons. The second-order valence-corrected chi connectivity index (χ2v) is 5.06. The fraction of sp³-hybridized carbons (Fsp3) is 0.308. The lowest BCUT2D eigenvalue weighted by Crippen LogP contribution is -2.08. The Bertz CT molecular complexity index is 480. The summed E-state index contributed by atoms with van der Waals surface area (Å²) in [5, 5.41) is 0. The van der Waals surface area contributed by atoms with E-state index in [2.05, 4.69) is 11.1 Å². The largest absolute Gasteiger partial charge is 0.488 e. The minimum absolute atomic E-state index is 0.0212. The Morgan fingerprint density at radius 1 is 1.47 bits per heavy atom. The van der Waals surface area contributed by atoms with Crippen molar-refractivity contribution in [3.05, 3.63) is 45.9 Å². The first-order valence-electron chi connectivity index (χ1n) is 5.53. The lowest BCUT2D eigenvalue weighted by Gasteiger charge is -2.14. The highest BCUT2D eigenvalue weighted by atomic mass is 32.1. The predicted molar refractivity (Wildman–Crippen MR) is 70.2 cm³/mol. The van der Waals surface area contributed by atoms with Gasteiger partial charge in [-0.3, -0.25) is 4.98 Å². The van der Waals surface area contributed by atoms with Gasteiger partial charge in [0, 0.05) is 17.8 Å². The first kappa shape index (κ1) is 12.1. The van der Waals surface area contributed by atoms with Gasteiger partial charge in [-0.05, 0) is 25.5 Å². The molecule has 0 spiro atoms. The monoisotopic (exact) mass is 248 g/mol. The molecule has 0 radical (unpaired) electrons. The Labute approximate surface area is 105 Å². The predicted octanol–water partition coefficient (Wildman–Crippen LogP) is 3.05.